The summed E-state index contributed by atoms with van der Waals surface area (Å²) in [6.45, 7) is 7.73. The monoisotopic (exact) mass is 443 g/mol. The second-order valence-corrected chi connectivity index (χ2v) is 9.41. The number of aromatic nitrogens is 2. The Kier molecular flexibility index (Phi) is 5.13. The standard InChI is InChI=1S/C24H28F3N5/c1-3-23(2)8-11-31(12-9-23)20-15-28-21-18(30-20)14-29-22(21)32-10-4-5-16-13-17(24(25,26)27)6-7-19(16)32/h6-7,13,15H,3-5,8-12,14H2,1-2H3. The summed E-state index contributed by atoms with van der Waals surface area (Å²) in [4.78, 5) is 18.6. The maximum Gasteiger partial charge on any atom is 0.416 e. The Balaban J connectivity index is 1.38. The molecule has 3 aliphatic heterocycles. The van der Waals surface area contributed by atoms with Crippen molar-refractivity contribution in [3.63, 3.8) is 0 Å². The van der Waals surface area contributed by atoms with Gasteiger partial charge in [0, 0.05) is 25.3 Å². The molecule has 5 nitrogen and oxygen atoms in total. The predicted octanol–water partition coefficient (Wildman–Crippen LogP) is 5.22. The minimum absolute atomic E-state index is 0.407. The molecule has 1 aromatic heterocycles. The van der Waals surface area contributed by atoms with Gasteiger partial charge in [-0.15, -0.1) is 0 Å². The molecule has 8 heteroatoms. The number of amidine groups is 1. The number of alkyl halides is 3. The van der Waals surface area contributed by atoms with E-state index in [1.807, 2.05) is 11.1 Å². The summed E-state index contributed by atoms with van der Waals surface area (Å²) in [6.07, 6.45) is 2.38. The maximum atomic E-state index is 13.1. The SMILES string of the molecule is CCC1(C)CCN(c2cnc3c(n2)CN=C3N2CCCc3cc(C(F)(F)F)ccc32)CC1. The third kappa shape index (κ3) is 3.73. The lowest BCUT2D eigenvalue weighted by Gasteiger charge is -2.39. The zero-order chi connectivity index (χ0) is 22.5. The van der Waals surface area contributed by atoms with Crippen LogP contribution in [0.3, 0.4) is 0 Å². The lowest BCUT2D eigenvalue weighted by molar-refractivity contribution is -0.137. The summed E-state index contributed by atoms with van der Waals surface area (Å²) >= 11 is 0. The summed E-state index contributed by atoms with van der Waals surface area (Å²) in [5.74, 6) is 1.61. The Hall–Kier alpha value is -2.64. The van der Waals surface area contributed by atoms with Crippen LogP contribution in [0, 0.1) is 5.41 Å². The van der Waals surface area contributed by atoms with E-state index in [2.05, 4.69) is 18.7 Å². The van der Waals surface area contributed by atoms with Crippen molar-refractivity contribution in [3.05, 3.63) is 46.9 Å². The Morgan fingerprint density at radius 3 is 2.62 bits per heavy atom. The van der Waals surface area contributed by atoms with Gasteiger partial charge in [-0.05, 0) is 54.9 Å². The van der Waals surface area contributed by atoms with Gasteiger partial charge >= 0.3 is 6.18 Å². The van der Waals surface area contributed by atoms with Gasteiger partial charge in [0.05, 0.1) is 24.0 Å². The van der Waals surface area contributed by atoms with Crippen molar-refractivity contribution >= 4 is 17.3 Å². The summed E-state index contributed by atoms with van der Waals surface area (Å²) < 4.78 is 39.4. The van der Waals surface area contributed by atoms with Crippen molar-refractivity contribution in [1.29, 1.82) is 0 Å². The zero-order valence-corrected chi connectivity index (χ0v) is 18.5. The molecule has 1 saturated heterocycles. The van der Waals surface area contributed by atoms with E-state index in [-0.39, 0.29) is 0 Å². The zero-order valence-electron chi connectivity index (χ0n) is 18.5. The van der Waals surface area contributed by atoms with Crippen LogP contribution in [0.4, 0.5) is 24.7 Å². The molecule has 0 unspecified atom stereocenters. The number of rotatable bonds is 2. The molecule has 170 valence electrons. The molecule has 0 bridgehead atoms. The lowest BCUT2D eigenvalue weighted by atomic mass is 9.78. The molecule has 1 aromatic carbocycles. The first-order chi connectivity index (χ1) is 15.3. The first-order valence-electron chi connectivity index (χ1n) is 11.4. The van der Waals surface area contributed by atoms with Crippen LogP contribution in [0.1, 0.15) is 62.0 Å². The Morgan fingerprint density at radius 1 is 1.12 bits per heavy atom. The molecule has 0 aliphatic carbocycles. The van der Waals surface area contributed by atoms with Gasteiger partial charge in [-0.25, -0.2) is 9.97 Å². The number of hydrogen-bond acceptors (Lipinski definition) is 5. The van der Waals surface area contributed by atoms with Gasteiger partial charge in [0.2, 0.25) is 0 Å². The van der Waals surface area contributed by atoms with Crippen molar-refractivity contribution in [2.45, 2.75) is 58.7 Å². The summed E-state index contributed by atoms with van der Waals surface area (Å²) in [6, 6.07) is 3.99. The number of piperidine rings is 1. The minimum atomic E-state index is -4.33. The molecule has 3 aliphatic rings. The highest BCUT2D eigenvalue weighted by molar-refractivity contribution is 6.11. The van der Waals surface area contributed by atoms with Gasteiger partial charge in [-0.2, -0.15) is 13.2 Å². The molecule has 4 heterocycles. The molecule has 0 N–H and O–H groups in total. The fourth-order valence-corrected chi connectivity index (χ4v) is 4.93. The minimum Gasteiger partial charge on any atom is -0.355 e. The Labute approximate surface area is 186 Å². The van der Waals surface area contributed by atoms with E-state index >= 15 is 0 Å². The second-order valence-electron chi connectivity index (χ2n) is 9.41. The first kappa shape index (κ1) is 21.2. The molecule has 0 atom stereocenters. The Bertz CT molecular complexity index is 1050. The molecule has 5 rings (SSSR count). The van der Waals surface area contributed by atoms with Crippen LogP contribution in [0.25, 0.3) is 0 Å². The maximum absolute atomic E-state index is 13.1. The van der Waals surface area contributed by atoms with Crippen LogP contribution in [0.5, 0.6) is 0 Å². The number of halogens is 3. The summed E-state index contributed by atoms with van der Waals surface area (Å²) in [5.41, 5.74) is 2.90. The van der Waals surface area contributed by atoms with Crippen molar-refractivity contribution in [1.82, 2.24) is 9.97 Å². The van der Waals surface area contributed by atoms with Crippen LogP contribution in [0.15, 0.2) is 29.4 Å². The lowest BCUT2D eigenvalue weighted by Crippen LogP contribution is -2.39. The molecule has 32 heavy (non-hydrogen) atoms. The number of benzene rings is 1. The second kappa shape index (κ2) is 7.74. The van der Waals surface area contributed by atoms with E-state index in [0.717, 1.165) is 67.1 Å². The van der Waals surface area contributed by atoms with Crippen LogP contribution < -0.4 is 9.80 Å². The average molecular weight is 444 g/mol. The quantitative estimate of drug-likeness (QED) is 0.638. The van der Waals surface area contributed by atoms with Gasteiger partial charge in [-0.3, -0.25) is 4.99 Å². The largest absolute Gasteiger partial charge is 0.416 e. The van der Waals surface area contributed by atoms with Crippen LogP contribution in [-0.2, 0) is 19.1 Å². The molecule has 0 spiro atoms. The molecule has 2 aromatic rings. The third-order valence-corrected chi connectivity index (χ3v) is 7.35. The molecular formula is C24H28F3N5. The van der Waals surface area contributed by atoms with E-state index in [1.54, 1.807) is 6.07 Å². The number of aliphatic imine (C=N–C) groups is 1. The highest BCUT2D eigenvalue weighted by atomic mass is 19.4. The first-order valence-corrected chi connectivity index (χ1v) is 11.4. The van der Waals surface area contributed by atoms with Gasteiger partial charge in [-0.1, -0.05) is 20.3 Å². The molecular weight excluding hydrogens is 415 g/mol. The summed E-state index contributed by atoms with van der Waals surface area (Å²) in [7, 11) is 0. The number of nitrogens with zero attached hydrogens (tertiary/aromatic N) is 5. The van der Waals surface area contributed by atoms with E-state index in [4.69, 9.17) is 15.0 Å². The topological polar surface area (TPSA) is 44.6 Å². The molecule has 0 amide bonds. The highest BCUT2D eigenvalue weighted by Crippen LogP contribution is 2.38. The predicted molar refractivity (Wildman–Crippen MR) is 119 cm³/mol. The van der Waals surface area contributed by atoms with Crippen molar-refractivity contribution in [2.75, 3.05) is 29.4 Å². The van der Waals surface area contributed by atoms with E-state index in [9.17, 15) is 13.2 Å². The average Bonchev–Trinajstić information content (AvgIpc) is 3.21. The molecule has 1 fully saturated rings. The summed E-state index contributed by atoms with van der Waals surface area (Å²) in [5, 5.41) is 0. The van der Waals surface area contributed by atoms with Gasteiger partial charge in [0.15, 0.2) is 5.84 Å². The van der Waals surface area contributed by atoms with Crippen molar-refractivity contribution < 1.29 is 13.2 Å². The third-order valence-electron chi connectivity index (χ3n) is 7.35. The van der Waals surface area contributed by atoms with Crippen LogP contribution in [0.2, 0.25) is 0 Å². The Morgan fingerprint density at radius 2 is 1.91 bits per heavy atom. The van der Waals surface area contributed by atoms with Gasteiger partial charge in [0.25, 0.3) is 0 Å². The number of hydrogen-bond donors (Lipinski definition) is 0. The van der Waals surface area contributed by atoms with Crippen LogP contribution >= 0.6 is 0 Å². The van der Waals surface area contributed by atoms with Crippen LogP contribution in [-0.4, -0.2) is 35.4 Å². The van der Waals surface area contributed by atoms with E-state index < -0.39 is 11.7 Å². The van der Waals surface area contributed by atoms with Gasteiger partial charge in [0.1, 0.15) is 11.5 Å². The fourth-order valence-electron chi connectivity index (χ4n) is 4.93. The highest BCUT2D eigenvalue weighted by Gasteiger charge is 2.34. The van der Waals surface area contributed by atoms with E-state index in [0.29, 0.717) is 30.5 Å². The smallest absolute Gasteiger partial charge is 0.355 e. The number of anilines is 2. The normalized spacial score (nSPS) is 20.1. The van der Waals surface area contributed by atoms with Crippen molar-refractivity contribution in [2.24, 2.45) is 10.4 Å². The number of aryl methyl sites for hydroxylation is 1. The fraction of sp³-hybridized carbons (Fsp3) is 0.542. The molecule has 0 saturated carbocycles. The number of fused-ring (bicyclic) bond motifs is 2. The van der Waals surface area contributed by atoms with E-state index in [1.165, 1.54) is 12.5 Å². The molecule has 0 radical (unpaired) electrons. The van der Waals surface area contributed by atoms with Gasteiger partial charge < -0.3 is 9.80 Å². The van der Waals surface area contributed by atoms with Crippen molar-refractivity contribution in [3.8, 4) is 0 Å².